The summed E-state index contributed by atoms with van der Waals surface area (Å²) >= 11 is 0. The number of piperidine rings is 1. The average Bonchev–Trinajstić information content (AvgIpc) is 2.57. The Bertz CT molecular complexity index is 310. The van der Waals surface area contributed by atoms with Crippen molar-refractivity contribution in [3.8, 4) is 0 Å². The van der Waals surface area contributed by atoms with Crippen molar-refractivity contribution in [3.05, 3.63) is 12.4 Å². The van der Waals surface area contributed by atoms with Crippen molar-refractivity contribution in [2.75, 3.05) is 18.0 Å². The molecule has 0 aromatic carbocycles. The number of anilines is 1. The van der Waals surface area contributed by atoms with Gasteiger partial charge in [-0.15, -0.1) is 0 Å². The summed E-state index contributed by atoms with van der Waals surface area (Å²) in [6.45, 7) is 3.79. The van der Waals surface area contributed by atoms with E-state index in [0.717, 1.165) is 18.9 Å². The number of imidazole rings is 1. The van der Waals surface area contributed by atoms with Gasteiger partial charge >= 0.3 is 0 Å². The topological polar surface area (TPSA) is 41.3 Å². The van der Waals surface area contributed by atoms with E-state index in [0.29, 0.717) is 12.5 Å². The summed E-state index contributed by atoms with van der Waals surface area (Å²) in [6, 6.07) is 0. The molecule has 1 saturated heterocycles. The molecule has 1 aromatic rings. The molecule has 0 saturated carbocycles. The molecule has 2 atom stereocenters. The highest BCUT2D eigenvalue weighted by Gasteiger charge is 2.25. The lowest BCUT2D eigenvalue weighted by atomic mass is 9.96. The normalized spacial score (nSPS) is 28.1. The molecule has 0 spiro atoms. The Morgan fingerprint density at radius 1 is 1.57 bits per heavy atom. The quantitative estimate of drug-likeness (QED) is 0.714. The molecule has 2 heterocycles. The third-order valence-corrected chi connectivity index (χ3v) is 3.00. The number of hydrogen-bond acceptors (Lipinski definition) is 3. The summed E-state index contributed by atoms with van der Waals surface area (Å²) in [5.74, 6) is 1.36. The fourth-order valence-corrected chi connectivity index (χ4v) is 1.89. The van der Waals surface area contributed by atoms with E-state index in [-0.39, 0.29) is 6.10 Å². The first kappa shape index (κ1) is 9.52. The molecule has 0 radical (unpaired) electrons. The van der Waals surface area contributed by atoms with E-state index in [9.17, 15) is 5.11 Å². The summed E-state index contributed by atoms with van der Waals surface area (Å²) in [6.07, 6.45) is 4.54. The minimum atomic E-state index is -0.222. The Labute approximate surface area is 84.2 Å². The van der Waals surface area contributed by atoms with Crippen molar-refractivity contribution < 1.29 is 5.11 Å². The zero-order valence-corrected chi connectivity index (χ0v) is 8.72. The average molecular weight is 195 g/mol. The molecular formula is C10H17N3O. The van der Waals surface area contributed by atoms with Gasteiger partial charge in [-0.1, -0.05) is 6.92 Å². The predicted octanol–water partition coefficient (Wildman–Crippen LogP) is 0.627. The first-order chi connectivity index (χ1) is 6.68. The summed E-state index contributed by atoms with van der Waals surface area (Å²) in [5.41, 5.74) is 0. The Morgan fingerprint density at radius 3 is 2.93 bits per heavy atom. The molecule has 2 unspecified atom stereocenters. The highest BCUT2D eigenvalue weighted by atomic mass is 16.3. The maximum atomic E-state index is 9.76. The summed E-state index contributed by atoms with van der Waals surface area (Å²) in [5, 5.41) is 9.76. The lowest BCUT2D eigenvalue weighted by molar-refractivity contribution is 0.102. The molecule has 14 heavy (non-hydrogen) atoms. The first-order valence-corrected chi connectivity index (χ1v) is 5.09. The molecule has 1 aromatic heterocycles. The molecular weight excluding hydrogens is 178 g/mol. The molecule has 1 N–H and O–H groups in total. The van der Waals surface area contributed by atoms with Crippen LogP contribution in [-0.4, -0.2) is 33.9 Å². The maximum absolute atomic E-state index is 9.76. The number of aromatic nitrogens is 2. The van der Waals surface area contributed by atoms with Crippen LogP contribution in [0.25, 0.3) is 0 Å². The number of β-amino-alcohol motifs (C(OH)–C–C–N with tert-alkyl or cyclic N) is 1. The number of aliphatic hydroxyl groups is 1. The Hall–Kier alpha value is -1.03. The Morgan fingerprint density at radius 2 is 2.36 bits per heavy atom. The second-order valence-corrected chi connectivity index (χ2v) is 4.12. The maximum Gasteiger partial charge on any atom is 0.205 e. The molecule has 2 rings (SSSR count). The van der Waals surface area contributed by atoms with Crippen LogP contribution in [0.5, 0.6) is 0 Å². The molecule has 0 amide bonds. The van der Waals surface area contributed by atoms with E-state index < -0.39 is 0 Å². The number of hydrogen-bond donors (Lipinski definition) is 1. The molecule has 4 heteroatoms. The third kappa shape index (κ3) is 1.62. The molecule has 1 fully saturated rings. The van der Waals surface area contributed by atoms with Crippen LogP contribution < -0.4 is 4.90 Å². The van der Waals surface area contributed by atoms with E-state index in [1.54, 1.807) is 6.20 Å². The Balaban J connectivity index is 2.10. The van der Waals surface area contributed by atoms with Gasteiger partial charge in [0.05, 0.1) is 6.10 Å². The van der Waals surface area contributed by atoms with Crippen LogP contribution in [0.3, 0.4) is 0 Å². The minimum Gasteiger partial charge on any atom is -0.391 e. The first-order valence-electron chi connectivity index (χ1n) is 5.09. The van der Waals surface area contributed by atoms with Crippen molar-refractivity contribution >= 4 is 5.95 Å². The molecule has 1 aliphatic heterocycles. The van der Waals surface area contributed by atoms with Crippen LogP contribution in [0, 0.1) is 5.92 Å². The fraction of sp³-hybridized carbons (Fsp3) is 0.700. The van der Waals surface area contributed by atoms with Gasteiger partial charge in [-0.3, -0.25) is 0 Å². The van der Waals surface area contributed by atoms with E-state index in [1.165, 1.54) is 0 Å². The third-order valence-electron chi connectivity index (χ3n) is 3.00. The van der Waals surface area contributed by atoms with E-state index in [2.05, 4.69) is 16.8 Å². The zero-order valence-electron chi connectivity index (χ0n) is 8.72. The fourth-order valence-electron chi connectivity index (χ4n) is 1.89. The van der Waals surface area contributed by atoms with Gasteiger partial charge in [-0.25, -0.2) is 4.98 Å². The SMILES string of the molecule is CC1CCN(c2nccn2C)CC1O. The molecule has 0 bridgehead atoms. The number of nitrogens with zero attached hydrogens (tertiary/aromatic N) is 3. The van der Waals surface area contributed by atoms with E-state index in [1.807, 2.05) is 17.8 Å². The van der Waals surface area contributed by atoms with Crippen molar-refractivity contribution in [2.24, 2.45) is 13.0 Å². The molecule has 1 aliphatic rings. The largest absolute Gasteiger partial charge is 0.391 e. The number of aryl methyl sites for hydroxylation is 1. The number of aliphatic hydroxyl groups excluding tert-OH is 1. The zero-order chi connectivity index (χ0) is 10.1. The molecule has 78 valence electrons. The van der Waals surface area contributed by atoms with Crippen molar-refractivity contribution in [3.63, 3.8) is 0 Å². The second-order valence-electron chi connectivity index (χ2n) is 4.12. The van der Waals surface area contributed by atoms with E-state index >= 15 is 0 Å². The standard InChI is InChI=1S/C10H17N3O/c1-8-3-5-13(7-9(8)14)10-11-4-6-12(10)2/h4,6,8-9,14H,3,5,7H2,1-2H3. The summed E-state index contributed by atoms with van der Waals surface area (Å²) in [4.78, 5) is 6.42. The molecule has 0 aliphatic carbocycles. The Kier molecular flexibility index (Phi) is 2.46. The van der Waals surface area contributed by atoms with Crippen molar-refractivity contribution in [1.82, 2.24) is 9.55 Å². The van der Waals surface area contributed by atoms with Crippen LogP contribution in [0.1, 0.15) is 13.3 Å². The van der Waals surface area contributed by atoms with Gasteiger partial charge in [-0.2, -0.15) is 0 Å². The van der Waals surface area contributed by atoms with Gasteiger partial charge in [-0.05, 0) is 12.3 Å². The van der Waals surface area contributed by atoms with Crippen LogP contribution in [0.2, 0.25) is 0 Å². The van der Waals surface area contributed by atoms with Gasteiger partial charge in [0.2, 0.25) is 5.95 Å². The van der Waals surface area contributed by atoms with Crippen LogP contribution >= 0.6 is 0 Å². The van der Waals surface area contributed by atoms with Crippen LogP contribution in [0.4, 0.5) is 5.95 Å². The summed E-state index contributed by atoms with van der Waals surface area (Å²) < 4.78 is 1.99. The smallest absolute Gasteiger partial charge is 0.205 e. The van der Waals surface area contributed by atoms with Crippen molar-refractivity contribution in [2.45, 2.75) is 19.4 Å². The van der Waals surface area contributed by atoms with Crippen molar-refractivity contribution in [1.29, 1.82) is 0 Å². The highest BCUT2D eigenvalue weighted by molar-refractivity contribution is 5.32. The minimum absolute atomic E-state index is 0.222. The van der Waals surface area contributed by atoms with Gasteiger partial charge in [0.1, 0.15) is 0 Å². The van der Waals surface area contributed by atoms with Crippen LogP contribution in [0.15, 0.2) is 12.4 Å². The van der Waals surface area contributed by atoms with Gasteiger partial charge in [0.15, 0.2) is 0 Å². The lowest BCUT2D eigenvalue weighted by Gasteiger charge is -2.34. The highest BCUT2D eigenvalue weighted by Crippen LogP contribution is 2.21. The van der Waals surface area contributed by atoms with E-state index in [4.69, 9.17) is 0 Å². The summed E-state index contributed by atoms with van der Waals surface area (Å²) in [7, 11) is 1.98. The predicted molar refractivity (Wildman–Crippen MR) is 55.2 cm³/mol. The van der Waals surface area contributed by atoms with Gasteiger partial charge in [0, 0.05) is 32.5 Å². The second kappa shape index (κ2) is 3.61. The van der Waals surface area contributed by atoms with Crippen LogP contribution in [-0.2, 0) is 7.05 Å². The van der Waals surface area contributed by atoms with Gasteiger partial charge < -0.3 is 14.6 Å². The monoisotopic (exact) mass is 195 g/mol. The number of rotatable bonds is 1. The van der Waals surface area contributed by atoms with Gasteiger partial charge in [0.25, 0.3) is 0 Å². The lowest BCUT2D eigenvalue weighted by Crippen LogP contribution is -2.43. The molecule has 4 nitrogen and oxygen atoms in total.